The highest BCUT2D eigenvalue weighted by Crippen LogP contribution is 1.85. The second-order valence-electron chi connectivity index (χ2n) is 2.11. The van der Waals surface area contributed by atoms with Gasteiger partial charge in [0, 0.05) is 7.11 Å². The fraction of sp³-hybridized carbons (Fsp3) is 1.00. The van der Waals surface area contributed by atoms with Crippen LogP contribution in [0.4, 0.5) is 4.39 Å². The van der Waals surface area contributed by atoms with Crippen molar-refractivity contribution in [2.24, 2.45) is 0 Å². The van der Waals surface area contributed by atoms with Gasteiger partial charge in [-0.2, -0.15) is 0 Å². The van der Waals surface area contributed by atoms with E-state index in [9.17, 15) is 4.39 Å². The van der Waals surface area contributed by atoms with Crippen molar-refractivity contribution < 1.29 is 23.7 Å². The van der Waals surface area contributed by atoms with E-state index in [0.29, 0.717) is 19.8 Å². The highest BCUT2D eigenvalue weighted by Gasteiger charge is 1.97. The lowest BCUT2D eigenvalue weighted by atomic mass is 10.7. The minimum atomic E-state index is -1.90. The standard InChI is InChI=1S/C7H15FO4/c1-10-2-3-11-4-5-12-6-7(8)9/h7,9H,2-6H2,1H3. The van der Waals surface area contributed by atoms with Crippen molar-refractivity contribution in [2.45, 2.75) is 6.36 Å². The van der Waals surface area contributed by atoms with E-state index in [0.717, 1.165) is 0 Å². The summed E-state index contributed by atoms with van der Waals surface area (Å²) in [6.07, 6.45) is -1.90. The Morgan fingerprint density at radius 3 is 2.33 bits per heavy atom. The van der Waals surface area contributed by atoms with Gasteiger partial charge in [-0.25, -0.2) is 4.39 Å². The number of alkyl halides is 1. The van der Waals surface area contributed by atoms with Crippen LogP contribution in [0.5, 0.6) is 0 Å². The number of ether oxygens (including phenoxy) is 3. The normalized spacial score (nSPS) is 13.2. The van der Waals surface area contributed by atoms with Crippen molar-refractivity contribution in [1.82, 2.24) is 0 Å². The van der Waals surface area contributed by atoms with Crippen LogP contribution in [-0.2, 0) is 14.2 Å². The van der Waals surface area contributed by atoms with Crippen LogP contribution in [0, 0.1) is 0 Å². The summed E-state index contributed by atoms with van der Waals surface area (Å²) in [6.45, 7) is 1.40. The van der Waals surface area contributed by atoms with Gasteiger partial charge in [-0.3, -0.25) is 0 Å². The fourth-order valence-electron chi connectivity index (χ4n) is 0.543. The SMILES string of the molecule is COCCOCCOCC(O)F. The zero-order valence-electron chi connectivity index (χ0n) is 7.16. The van der Waals surface area contributed by atoms with E-state index < -0.39 is 6.36 Å². The van der Waals surface area contributed by atoms with E-state index in [2.05, 4.69) is 4.74 Å². The molecule has 0 radical (unpaired) electrons. The average molecular weight is 182 g/mol. The molecule has 0 fully saturated rings. The molecule has 0 amide bonds. The van der Waals surface area contributed by atoms with Crippen LogP contribution in [0.2, 0.25) is 0 Å². The molecule has 0 saturated carbocycles. The zero-order valence-corrected chi connectivity index (χ0v) is 7.16. The zero-order chi connectivity index (χ0) is 9.23. The molecule has 1 unspecified atom stereocenters. The molecule has 0 aliphatic rings. The van der Waals surface area contributed by atoms with Gasteiger partial charge >= 0.3 is 0 Å². The molecule has 0 spiro atoms. The summed E-state index contributed by atoms with van der Waals surface area (Å²) < 4.78 is 26.1. The molecule has 0 rings (SSSR count). The number of methoxy groups -OCH3 is 1. The quantitative estimate of drug-likeness (QED) is 0.535. The van der Waals surface area contributed by atoms with Gasteiger partial charge in [0.25, 0.3) is 0 Å². The second-order valence-corrected chi connectivity index (χ2v) is 2.11. The first-order valence-electron chi connectivity index (χ1n) is 3.74. The third kappa shape index (κ3) is 9.77. The Morgan fingerprint density at radius 2 is 1.75 bits per heavy atom. The van der Waals surface area contributed by atoms with Crippen LogP contribution >= 0.6 is 0 Å². The second kappa shape index (κ2) is 8.86. The Morgan fingerprint density at radius 1 is 1.17 bits per heavy atom. The largest absolute Gasteiger partial charge is 0.382 e. The van der Waals surface area contributed by atoms with Crippen molar-refractivity contribution in [3.05, 3.63) is 0 Å². The number of halogens is 1. The van der Waals surface area contributed by atoms with E-state index >= 15 is 0 Å². The maximum absolute atomic E-state index is 11.7. The van der Waals surface area contributed by atoms with Crippen molar-refractivity contribution >= 4 is 0 Å². The first-order valence-corrected chi connectivity index (χ1v) is 3.74. The van der Waals surface area contributed by atoms with Gasteiger partial charge in [-0.1, -0.05) is 0 Å². The minimum Gasteiger partial charge on any atom is -0.382 e. The molecule has 0 aromatic carbocycles. The number of hydrogen-bond donors (Lipinski definition) is 1. The third-order valence-corrected chi connectivity index (χ3v) is 1.06. The first kappa shape index (κ1) is 11.8. The third-order valence-electron chi connectivity index (χ3n) is 1.06. The molecule has 1 atom stereocenters. The maximum atomic E-state index is 11.7. The van der Waals surface area contributed by atoms with Gasteiger partial charge in [-0.05, 0) is 0 Å². The summed E-state index contributed by atoms with van der Waals surface area (Å²) in [5.41, 5.74) is 0. The van der Waals surface area contributed by atoms with Gasteiger partial charge in [-0.15, -0.1) is 0 Å². The van der Waals surface area contributed by atoms with Crippen molar-refractivity contribution in [2.75, 3.05) is 40.1 Å². The van der Waals surface area contributed by atoms with Gasteiger partial charge in [0.05, 0.1) is 26.4 Å². The predicted octanol–water partition coefficient (Wildman–Crippen LogP) is -0.0461. The molecule has 0 aromatic heterocycles. The maximum Gasteiger partial charge on any atom is 0.220 e. The molecule has 5 heteroatoms. The first-order chi connectivity index (χ1) is 5.77. The van der Waals surface area contributed by atoms with E-state index in [1.807, 2.05) is 0 Å². The number of hydrogen-bond acceptors (Lipinski definition) is 4. The fourth-order valence-corrected chi connectivity index (χ4v) is 0.543. The van der Waals surface area contributed by atoms with E-state index in [4.69, 9.17) is 14.6 Å². The Balaban J connectivity index is 2.82. The van der Waals surface area contributed by atoms with Crippen LogP contribution in [0.1, 0.15) is 0 Å². The summed E-state index contributed by atoms with van der Waals surface area (Å²) in [4.78, 5) is 0. The summed E-state index contributed by atoms with van der Waals surface area (Å²) in [6, 6.07) is 0. The Labute approximate surface area is 71.2 Å². The van der Waals surface area contributed by atoms with Gasteiger partial charge < -0.3 is 19.3 Å². The Bertz CT molecular complexity index is 89.5. The van der Waals surface area contributed by atoms with Crippen molar-refractivity contribution in [3.8, 4) is 0 Å². The average Bonchev–Trinajstić information content (AvgIpc) is 2.02. The Hall–Kier alpha value is -0.230. The Kier molecular flexibility index (Phi) is 8.69. The van der Waals surface area contributed by atoms with Crippen LogP contribution in [0.25, 0.3) is 0 Å². The van der Waals surface area contributed by atoms with Gasteiger partial charge in [0.1, 0.15) is 6.61 Å². The molecule has 0 aliphatic carbocycles. The molecule has 0 saturated heterocycles. The van der Waals surface area contributed by atoms with Gasteiger partial charge in [0.2, 0.25) is 6.36 Å². The lowest BCUT2D eigenvalue weighted by Gasteiger charge is -2.04. The summed E-state index contributed by atoms with van der Waals surface area (Å²) in [5, 5.41) is 8.14. The van der Waals surface area contributed by atoms with Crippen LogP contribution in [0.15, 0.2) is 0 Å². The monoisotopic (exact) mass is 182 g/mol. The van der Waals surface area contributed by atoms with E-state index in [-0.39, 0.29) is 13.2 Å². The lowest BCUT2D eigenvalue weighted by molar-refractivity contribution is -0.0532. The molecule has 0 heterocycles. The molecule has 4 nitrogen and oxygen atoms in total. The lowest BCUT2D eigenvalue weighted by Crippen LogP contribution is -2.13. The highest BCUT2D eigenvalue weighted by atomic mass is 19.1. The number of aliphatic hydroxyl groups is 1. The van der Waals surface area contributed by atoms with Crippen molar-refractivity contribution in [3.63, 3.8) is 0 Å². The molecule has 0 bridgehead atoms. The molecule has 0 aliphatic heterocycles. The van der Waals surface area contributed by atoms with E-state index in [1.54, 1.807) is 7.11 Å². The molecule has 74 valence electrons. The van der Waals surface area contributed by atoms with Gasteiger partial charge in [0.15, 0.2) is 0 Å². The molecule has 12 heavy (non-hydrogen) atoms. The topological polar surface area (TPSA) is 47.9 Å². The summed E-state index contributed by atoms with van der Waals surface area (Å²) >= 11 is 0. The molecular formula is C7H15FO4. The van der Waals surface area contributed by atoms with Crippen LogP contribution < -0.4 is 0 Å². The smallest absolute Gasteiger partial charge is 0.220 e. The molecule has 0 aromatic rings. The van der Waals surface area contributed by atoms with Crippen LogP contribution in [-0.4, -0.2) is 51.6 Å². The van der Waals surface area contributed by atoms with E-state index in [1.165, 1.54) is 0 Å². The predicted molar refractivity (Wildman–Crippen MR) is 40.6 cm³/mol. The number of rotatable bonds is 8. The number of aliphatic hydroxyl groups excluding tert-OH is 1. The summed E-state index contributed by atoms with van der Waals surface area (Å²) in [7, 11) is 1.58. The van der Waals surface area contributed by atoms with Crippen molar-refractivity contribution in [1.29, 1.82) is 0 Å². The summed E-state index contributed by atoms with van der Waals surface area (Å²) in [5.74, 6) is 0. The highest BCUT2D eigenvalue weighted by molar-refractivity contribution is 4.34. The minimum absolute atomic E-state index is 0.282. The molecule has 1 N–H and O–H groups in total. The van der Waals surface area contributed by atoms with Crippen LogP contribution in [0.3, 0.4) is 0 Å². The molecular weight excluding hydrogens is 167 g/mol.